The van der Waals surface area contributed by atoms with Crippen LogP contribution < -0.4 is 4.90 Å². The molecule has 0 spiro atoms. The topological polar surface area (TPSA) is 37.4 Å². The molecule has 0 saturated heterocycles. The van der Waals surface area contributed by atoms with Crippen LogP contribution in [0, 0.1) is 5.92 Å². The van der Waals surface area contributed by atoms with Crippen molar-refractivity contribution in [2.75, 3.05) is 18.5 Å². The van der Waals surface area contributed by atoms with Crippen molar-refractivity contribution < 1.29 is 21.6 Å². The minimum Gasteiger partial charge on any atom is -0.374 e. The summed E-state index contributed by atoms with van der Waals surface area (Å²) in [5, 5.41) is 0. The van der Waals surface area contributed by atoms with Gasteiger partial charge in [0.2, 0.25) is 0 Å². The Morgan fingerprint density at radius 2 is 1.76 bits per heavy atom. The lowest BCUT2D eigenvalue weighted by Gasteiger charge is -2.35. The van der Waals surface area contributed by atoms with Gasteiger partial charge >= 0.3 is 5.51 Å². The number of hydrogen-bond acceptors (Lipinski definition) is 3. The zero-order valence-electron chi connectivity index (χ0n) is 11.3. The summed E-state index contributed by atoms with van der Waals surface area (Å²) in [5.74, 6) is 0.554. The fourth-order valence-electron chi connectivity index (χ4n) is 2.31. The summed E-state index contributed by atoms with van der Waals surface area (Å²) in [6, 6.07) is 4.82. The van der Waals surface area contributed by atoms with Crippen molar-refractivity contribution in [2.24, 2.45) is 5.92 Å². The Hall–Kier alpha value is -0.760. The maximum absolute atomic E-state index is 12.4. The molecule has 21 heavy (non-hydrogen) atoms. The van der Waals surface area contributed by atoms with Crippen LogP contribution in [0.3, 0.4) is 0 Å². The van der Waals surface area contributed by atoms with Gasteiger partial charge in [-0.25, -0.2) is 8.42 Å². The number of halogens is 4. The van der Waals surface area contributed by atoms with Crippen LogP contribution in [0.5, 0.6) is 0 Å². The molecule has 1 fully saturated rings. The summed E-state index contributed by atoms with van der Waals surface area (Å²) in [7, 11) is -3.43. The molecule has 0 unspecified atom stereocenters. The molecule has 0 radical (unpaired) electrons. The lowest BCUT2D eigenvalue weighted by molar-refractivity contribution is -0.0436. The Balaban J connectivity index is 2.08. The molecule has 1 aromatic carbocycles. The van der Waals surface area contributed by atoms with E-state index in [0.29, 0.717) is 16.4 Å². The zero-order valence-corrected chi connectivity index (χ0v) is 13.7. The first-order valence-electron chi connectivity index (χ1n) is 6.38. The van der Waals surface area contributed by atoms with Crippen molar-refractivity contribution in [1.82, 2.24) is 0 Å². The quantitative estimate of drug-likeness (QED) is 0.743. The molecule has 0 aliphatic heterocycles. The van der Waals surface area contributed by atoms with Gasteiger partial charge in [-0.1, -0.05) is 15.9 Å². The Morgan fingerprint density at radius 1 is 1.24 bits per heavy atom. The molecule has 118 valence electrons. The number of alkyl halides is 4. The summed E-state index contributed by atoms with van der Waals surface area (Å²) in [6.45, 7) is 0.799. The highest BCUT2D eigenvalue weighted by atomic mass is 79.9. The van der Waals surface area contributed by atoms with Gasteiger partial charge in [0.05, 0.1) is 4.90 Å². The summed E-state index contributed by atoms with van der Waals surface area (Å²) in [5.41, 5.74) is -4.56. The van der Waals surface area contributed by atoms with Crippen molar-refractivity contribution in [3.05, 3.63) is 24.3 Å². The summed E-state index contributed by atoms with van der Waals surface area (Å²) < 4.78 is 59.8. The van der Waals surface area contributed by atoms with Crippen molar-refractivity contribution >= 4 is 31.5 Å². The number of hydrogen-bond donors (Lipinski definition) is 0. The molecule has 0 amide bonds. The van der Waals surface area contributed by atoms with Gasteiger partial charge in [0.1, 0.15) is 0 Å². The average molecular weight is 386 g/mol. The van der Waals surface area contributed by atoms with Crippen LogP contribution in [0.25, 0.3) is 0 Å². The highest BCUT2D eigenvalue weighted by Gasteiger charge is 2.46. The van der Waals surface area contributed by atoms with Crippen LogP contribution in [-0.4, -0.2) is 32.3 Å². The molecule has 3 nitrogen and oxygen atoms in total. The monoisotopic (exact) mass is 385 g/mol. The van der Waals surface area contributed by atoms with Gasteiger partial charge in [-0.15, -0.1) is 0 Å². The van der Waals surface area contributed by atoms with Crippen LogP contribution in [0.1, 0.15) is 12.8 Å². The third-order valence-electron chi connectivity index (χ3n) is 3.60. The number of sulfone groups is 1. The van der Waals surface area contributed by atoms with Crippen LogP contribution in [0.2, 0.25) is 0 Å². The maximum Gasteiger partial charge on any atom is 0.501 e. The molecule has 0 bridgehead atoms. The number of rotatable bonds is 4. The number of anilines is 1. The molecule has 0 aromatic heterocycles. The van der Waals surface area contributed by atoms with Gasteiger partial charge in [-0.3, -0.25) is 0 Å². The lowest BCUT2D eigenvalue weighted by Crippen LogP contribution is -2.34. The van der Waals surface area contributed by atoms with E-state index in [0.717, 1.165) is 31.5 Å². The zero-order chi connectivity index (χ0) is 15.8. The van der Waals surface area contributed by atoms with Crippen LogP contribution >= 0.6 is 15.9 Å². The maximum atomic E-state index is 12.4. The normalized spacial score (nSPS) is 22.7. The van der Waals surface area contributed by atoms with Crippen LogP contribution in [-0.2, 0) is 9.84 Å². The largest absolute Gasteiger partial charge is 0.501 e. The summed E-state index contributed by atoms with van der Waals surface area (Å²) >= 11 is 3.50. The van der Waals surface area contributed by atoms with Crippen molar-refractivity contribution in [3.63, 3.8) is 0 Å². The van der Waals surface area contributed by atoms with E-state index in [2.05, 4.69) is 15.9 Å². The average Bonchev–Trinajstić information content (AvgIpc) is 2.35. The van der Waals surface area contributed by atoms with Gasteiger partial charge < -0.3 is 4.90 Å². The molecular weight excluding hydrogens is 371 g/mol. The second kappa shape index (κ2) is 5.79. The number of benzene rings is 1. The van der Waals surface area contributed by atoms with Gasteiger partial charge in [0.15, 0.2) is 0 Å². The van der Waals surface area contributed by atoms with E-state index < -0.39 is 20.2 Å². The fourth-order valence-corrected chi connectivity index (χ4v) is 4.13. The van der Waals surface area contributed by atoms with E-state index >= 15 is 0 Å². The molecular formula is C13H15BrF3NO2S. The van der Waals surface area contributed by atoms with Gasteiger partial charge in [-0.2, -0.15) is 13.2 Å². The highest BCUT2D eigenvalue weighted by Crippen LogP contribution is 2.35. The molecule has 8 heteroatoms. The van der Waals surface area contributed by atoms with E-state index in [9.17, 15) is 21.6 Å². The van der Waals surface area contributed by atoms with E-state index in [-0.39, 0.29) is 0 Å². The summed E-state index contributed by atoms with van der Waals surface area (Å²) in [4.78, 5) is 1.75. The molecule has 1 aromatic rings. The van der Waals surface area contributed by atoms with E-state index in [1.54, 1.807) is 0 Å². The fraction of sp³-hybridized carbons (Fsp3) is 0.538. The van der Waals surface area contributed by atoms with Crippen LogP contribution in [0.15, 0.2) is 29.2 Å². The Morgan fingerprint density at radius 3 is 2.19 bits per heavy atom. The standard InChI is InChI=1S/C13H15BrF3NO2S/c1-18(8-9-6-10(14)7-9)11-2-4-12(5-3-11)21(19,20)13(15,16)17/h2-5,9-10H,6-8H2,1H3. The Kier molecular flexibility index (Phi) is 4.58. The van der Waals surface area contributed by atoms with Crippen molar-refractivity contribution in [3.8, 4) is 0 Å². The Labute approximate surface area is 130 Å². The molecule has 1 aliphatic carbocycles. The Bertz CT molecular complexity index is 595. The first kappa shape index (κ1) is 16.6. The molecule has 0 atom stereocenters. The van der Waals surface area contributed by atoms with Gasteiger partial charge in [-0.05, 0) is 43.0 Å². The predicted molar refractivity (Wildman–Crippen MR) is 78.4 cm³/mol. The molecule has 0 N–H and O–H groups in total. The molecule has 1 saturated carbocycles. The van der Waals surface area contributed by atoms with E-state index in [4.69, 9.17) is 0 Å². The molecule has 1 aliphatic rings. The minimum atomic E-state index is -5.27. The second-order valence-corrected chi connectivity index (χ2v) is 8.49. The SMILES string of the molecule is CN(CC1CC(Br)C1)c1ccc(S(=O)(=O)C(F)(F)F)cc1. The second-order valence-electron chi connectivity index (χ2n) is 5.26. The highest BCUT2D eigenvalue weighted by molar-refractivity contribution is 9.09. The first-order chi connectivity index (χ1) is 9.61. The smallest absolute Gasteiger partial charge is 0.374 e. The van der Waals surface area contributed by atoms with Gasteiger partial charge in [0, 0.05) is 24.1 Å². The van der Waals surface area contributed by atoms with Crippen molar-refractivity contribution in [1.29, 1.82) is 0 Å². The van der Waals surface area contributed by atoms with Crippen molar-refractivity contribution in [2.45, 2.75) is 28.1 Å². The number of nitrogens with zero attached hydrogens (tertiary/aromatic N) is 1. The van der Waals surface area contributed by atoms with E-state index in [1.165, 1.54) is 12.1 Å². The molecule has 0 heterocycles. The summed E-state index contributed by atoms with van der Waals surface area (Å²) in [6.07, 6.45) is 2.15. The lowest BCUT2D eigenvalue weighted by atomic mass is 9.85. The van der Waals surface area contributed by atoms with E-state index in [1.807, 2.05) is 11.9 Å². The van der Waals surface area contributed by atoms with Gasteiger partial charge in [0.25, 0.3) is 9.84 Å². The predicted octanol–water partition coefficient (Wildman–Crippen LogP) is 3.59. The third-order valence-corrected chi connectivity index (χ3v) is 5.85. The third kappa shape index (κ3) is 3.53. The molecule has 2 rings (SSSR count). The van der Waals surface area contributed by atoms with Crippen LogP contribution in [0.4, 0.5) is 18.9 Å². The minimum absolute atomic E-state index is 0.551. The first-order valence-corrected chi connectivity index (χ1v) is 8.78.